The molecule has 52 heavy (non-hydrogen) atoms. The molecule has 6 rings (SSSR count). The summed E-state index contributed by atoms with van der Waals surface area (Å²) in [6.07, 6.45) is 2.28. The molecule has 9 heteroatoms. The zero-order valence-electron chi connectivity index (χ0n) is 29.7. The highest BCUT2D eigenvalue weighted by Crippen LogP contribution is 2.50. The summed E-state index contributed by atoms with van der Waals surface area (Å²) in [5.41, 5.74) is 2.87. The Bertz CT molecular complexity index is 1750. The van der Waals surface area contributed by atoms with Crippen molar-refractivity contribution in [2.24, 2.45) is 0 Å². The fraction of sp³-hybridized carbons (Fsp3) is 0.349. The molecule has 3 amide bonds. The number of rotatable bonds is 14. The number of hydrogen-bond acceptors (Lipinski definition) is 6. The third-order valence-corrected chi connectivity index (χ3v) is 10.6. The van der Waals surface area contributed by atoms with E-state index < -0.39 is 23.6 Å². The van der Waals surface area contributed by atoms with Crippen LogP contribution in [-0.2, 0) is 30.5 Å². The minimum absolute atomic E-state index is 0.0776. The van der Waals surface area contributed by atoms with Crippen LogP contribution in [0.15, 0.2) is 121 Å². The van der Waals surface area contributed by atoms with Gasteiger partial charge in [0, 0.05) is 37.9 Å². The molecule has 2 heterocycles. The molecule has 0 bridgehead atoms. The summed E-state index contributed by atoms with van der Waals surface area (Å²) in [4.78, 5) is 58.5. The van der Waals surface area contributed by atoms with Gasteiger partial charge in [0.25, 0.3) is 0 Å². The van der Waals surface area contributed by atoms with Crippen molar-refractivity contribution in [3.63, 3.8) is 0 Å². The lowest BCUT2D eigenvalue weighted by Crippen LogP contribution is -2.57. The summed E-state index contributed by atoms with van der Waals surface area (Å²) in [6, 6.07) is 38.6. The predicted octanol–water partition coefficient (Wildman–Crippen LogP) is 6.83. The highest BCUT2D eigenvalue weighted by molar-refractivity contribution is 5.97. The molecule has 1 N–H and O–H groups in total. The molecule has 0 radical (unpaired) electrons. The van der Waals surface area contributed by atoms with Crippen LogP contribution in [0.3, 0.4) is 0 Å². The van der Waals surface area contributed by atoms with Crippen LogP contribution in [0.25, 0.3) is 0 Å². The second-order valence-corrected chi connectivity index (χ2v) is 13.6. The zero-order valence-corrected chi connectivity index (χ0v) is 29.7. The molecule has 0 unspecified atom stereocenters. The fourth-order valence-electron chi connectivity index (χ4n) is 8.03. The molecule has 9 nitrogen and oxygen atoms in total. The van der Waals surface area contributed by atoms with Crippen molar-refractivity contribution < 1.29 is 28.7 Å². The maximum absolute atomic E-state index is 14.9. The average Bonchev–Trinajstić information content (AvgIpc) is 3.75. The number of carbonyl (C=O) groups is 4. The summed E-state index contributed by atoms with van der Waals surface area (Å²) >= 11 is 0. The number of nitrogens with zero attached hydrogens (tertiary/aromatic N) is 2. The summed E-state index contributed by atoms with van der Waals surface area (Å²) in [6.45, 7) is 1.32. The standard InChI is InChI=1S/C43H47N3O6/c1-51-40(48)38(24-14-15-27-44-42(50)52-31-32-16-6-2-7-17-32)45-29-26-43(41(45)49)37(35-22-12-5-13-23-35)25-28-46(43)39(47)30-36(33-18-8-3-9-19-33)34-20-10-4-11-21-34/h2-13,16-23,36-38H,14-15,24-31H2,1H3,(H,44,50)/t37-,38+,43+/m1/s1. The number of ether oxygens (including phenoxy) is 2. The Kier molecular flexibility index (Phi) is 12.0. The van der Waals surface area contributed by atoms with Crippen LogP contribution in [0, 0.1) is 0 Å². The van der Waals surface area contributed by atoms with Gasteiger partial charge >= 0.3 is 12.1 Å². The summed E-state index contributed by atoms with van der Waals surface area (Å²) in [5.74, 6) is -1.16. The van der Waals surface area contributed by atoms with Crippen LogP contribution >= 0.6 is 0 Å². The first kappa shape index (κ1) is 36.4. The molecule has 1 spiro atoms. The van der Waals surface area contributed by atoms with E-state index in [1.54, 1.807) is 4.90 Å². The van der Waals surface area contributed by atoms with Crippen LogP contribution < -0.4 is 5.32 Å². The van der Waals surface area contributed by atoms with Gasteiger partial charge in [-0.15, -0.1) is 0 Å². The first-order chi connectivity index (χ1) is 25.4. The van der Waals surface area contributed by atoms with Gasteiger partial charge in [0.15, 0.2) is 0 Å². The van der Waals surface area contributed by atoms with Crippen LogP contribution in [0.4, 0.5) is 4.79 Å². The Hall–Kier alpha value is -5.44. The Labute approximate surface area is 305 Å². The highest BCUT2D eigenvalue weighted by Gasteiger charge is 2.62. The van der Waals surface area contributed by atoms with Gasteiger partial charge in [0.1, 0.15) is 18.2 Å². The molecule has 2 fully saturated rings. The van der Waals surface area contributed by atoms with E-state index in [1.165, 1.54) is 7.11 Å². The smallest absolute Gasteiger partial charge is 0.407 e. The SMILES string of the molecule is COC(=O)[C@H](CCCCNC(=O)OCc1ccccc1)N1CC[C@@]2(C1=O)[C@@H](c1ccccc1)CCN2C(=O)CC(c1ccccc1)c1ccccc1. The molecular formula is C43H47N3O6. The van der Waals surface area contributed by atoms with E-state index in [4.69, 9.17) is 9.47 Å². The molecule has 2 aliphatic rings. The normalized spacial score (nSPS) is 18.8. The molecule has 4 aromatic rings. The van der Waals surface area contributed by atoms with Crippen molar-refractivity contribution in [2.45, 2.75) is 68.5 Å². The Morgan fingerprint density at radius 3 is 2.02 bits per heavy atom. The number of nitrogens with one attached hydrogen (secondary N) is 1. The molecule has 0 aromatic heterocycles. The van der Waals surface area contributed by atoms with E-state index >= 15 is 0 Å². The quantitative estimate of drug-likeness (QED) is 0.114. The van der Waals surface area contributed by atoms with Gasteiger partial charge in [0.05, 0.1) is 7.11 Å². The Morgan fingerprint density at radius 2 is 1.40 bits per heavy atom. The van der Waals surface area contributed by atoms with Crippen molar-refractivity contribution in [1.82, 2.24) is 15.1 Å². The van der Waals surface area contributed by atoms with E-state index in [0.29, 0.717) is 51.7 Å². The van der Waals surface area contributed by atoms with Gasteiger partial charge in [-0.3, -0.25) is 9.59 Å². The van der Waals surface area contributed by atoms with Crippen LogP contribution in [0.1, 0.15) is 72.6 Å². The molecular weight excluding hydrogens is 654 g/mol. The molecule has 4 aromatic carbocycles. The minimum Gasteiger partial charge on any atom is -0.467 e. The summed E-state index contributed by atoms with van der Waals surface area (Å²) in [7, 11) is 1.33. The van der Waals surface area contributed by atoms with Gasteiger partial charge in [-0.1, -0.05) is 121 Å². The van der Waals surface area contributed by atoms with Crippen LogP contribution in [-0.4, -0.2) is 72.0 Å². The van der Waals surface area contributed by atoms with Gasteiger partial charge in [-0.25, -0.2) is 9.59 Å². The number of methoxy groups -OCH3 is 1. The largest absolute Gasteiger partial charge is 0.467 e. The van der Waals surface area contributed by atoms with E-state index in [0.717, 1.165) is 22.3 Å². The van der Waals surface area contributed by atoms with Crippen molar-refractivity contribution in [3.8, 4) is 0 Å². The number of unbranched alkanes of at least 4 members (excludes halogenated alkanes) is 1. The van der Waals surface area contributed by atoms with Gasteiger partial charge < -0.3 is 24.6 Å². The third kappa shape index (κ3) is 8.04. The molecule has 0 saturated carbocycles. The minimum atomic E-state index is -1.12. The molecule has 0 aliphatic carbocycles. The maximum atomic E-state index is 14.9. The van der Waals surface area contributed by atoms with Crippen LogP contribution in [0.2, 0.25) is 0 Å². The molecule has 2 aliphatic heterocycles. The summed E-state index contributed by atoms with van der Waals surface area (Å²) < 4.78 is 10.5. The van der Waals surface area contributed by atoms with E-state index in [9.17, 15) is 19.2 Å². The monoisotopic (exact) mass is 701 g/mol. The average molecular weight is 702 g/mol. The van der Waals surface area contributed by atoms with E-state index in [1.807, 2.05) is 126 Å². The van der Waals surface area contributed by atoms with Crippen LogP contribution in [0.5, 0.6) is 0 Å². The number of alkyl carbamates (subject to hydrolysis) is 1. The topological polar surface area (TPSA) is 105 Å². The van der Waals surface area contributed by atoms with E-state index in [2.05, 4.69) is 5.32 Å². The first-order valence-electron chi connectivity index (χ1n) is 18.2. The van der Waals surface area contributed by atoms with Gasteiger partial charge in [-0.2, -0.15) is 0 Å². The first-order valence-corrected chi connectivity index (χ1v) is 18.2. The maximum Gasteiger partial charge on any atom is 0.407 e. The predicted molar refractivity (Wildman–Crippen MR) is 198 cm³/mol. The molecule has 270 valence electrons. The van der Waals surface area contributed by atoms with E-state index in [-0.39, 0.29) is 36.7 Å². The van der Waals surface area contributed by atoms with Crippen molar-refractivity contribution >= 4 is 23.9 Å². The third-order valence-electron chi connectivity index (χ3n) is 10.6. The Balaban J connectivity index is 1.18. The Morgan fingerprint density at radius 1 is 0.808 bits per heavy atom. The summed E-state index contributed by atoms with van der Waals surface area (Å²) in [5, 5.41) is 2.77. The lowest BCUT2D eigenvalue weighted by molar-refractivity contribution is -0.155. The molecule has 3 atom stereocenters. The molecule has 2 saturated heterocycles. The fourth-order valence-corrected chi connectivity index (χ4v) is 8.03. The number of carbonyl (C=O) groups excluding carboxylic acids is 4. The lowest BCUT2D eigenvalue weighted by atomic mass is 9.78. The van der Waals surface area contributed by atoms with Gasteiger partial charge in [0.2, 0.25) is 11.8 Å². The van der Waals surface area contributed by atoms with Crippen molar-refractivity contribution in [2.75, 3.05) is 26.7 Å². The number of likely N-dealkylation sites (tertiary alicyclic amines) is 2. The number of amides is 3. The highest BCUT2D eigenvalue weighted by atomic mass is 16.5. The number of benzene rings is 4. The zero-order chi connectivity index (χ0) is 36.3. The van der Waals surface area contributed by atoms with Crippen molar-refractivity contribution in [3.05, 3.63) is 144 Å². The van der Waals surface area contributed by atoms with Crippen molar-refractivity contribution in [1.29, 1.82) is 0 Å². The second-order valence-electron chi connectivity index (χ2n) is 13.6. The second kappa shape index (κ2) is 17.2. The number of esters is 1. The number of hydrogen-bond donors (Lipinski definition) is 1. The lowest BCUT2D eigenvalue weighted by Gasteiger charge is -2.39. The van der Waals surface area contributed by atoms with Gasteiger partial charge in [-0.05, 0) is 54.4 Å².